The molecule has 34 heavy (non-hydrogen) atoms. The number of alkyl carbamates (subject to hydrolysis) is 1. The molecule has 3 aliphatic carbocycles. The third-order valence-electron chi connectivity index (χ3n) is 7.71. The van der Waals surface area contributed by atoms with Crippen LogP contribution in [0, 0.1) is 17.8 Å². The molecule has 2 aromatic carbocycles. The lowest BCUT2D eigenvalue weighted by atomic mass is 9.71. The average Bonchev–Trinajstić information content (AvgIpc) is 3.31. The smallest absolute Gasteiger partial charge is 0.407 e. The molecule has 3 N–H and O–H groups in total. The van der Waals surface area contributed by atoms with Gasteiger partial charge in [-0.2, -0.15) is 0 Å². The van der Waals surface area contributed by atoms with Crippen LogP contribution in [0.1, 0.15) is 49.7 Å². The lowest BCUT2D eigenvalue weighted by Crippen LogP contribution is -2.50. The number of carbonyl (C=O) groups is 3. The van der Waals surface area contributed by atoms with Gasteiger partial charge in [0.15, 0.2) is 0 Å². The van der Waals surface area contributed by atoms with Crippen LogP contribution in [0.5, 0.6) is 0 Å². The summed E-state index contributed by atoms with van der Waals surface area (Å²) in [5.41, 5.74) is 4.76. The number of amides is 2. The molecule has 0 radical (unpaired) electrons. The highest BCUT2D eigenvalue weighted by molar-refractivity contribution is 5.80. The lowest BCUT2D eigenvalue weighted by molar-refractivity contribution is -0.137. The molecule has 7 nitrogen and oxygen atoms in total. The van der Waals surface area contributed by atoms with Crippen LogP contribution in [0.2, 0.25) is 0 Å². The zero-order chi connectivity index (χ0) is 23.8. The van der Waals surface area contributed by atoms with Gasteiger partial charge < -0.3 is 20.5 Å². The molecule has 178 valence electrons. The molecular formula is C27H30N2O5. The molecule has 2 aromatic rings. The maximum absolute atomic E-state index is 12.6. The molecule has 0 aliphatic heterocycles. The minimum absolute atomic E-state index is 0.0230. The van der Waals surface area contributed by atoms with Gasteiger partial charge in [0.05, 0.1) is 6.42 Å². The second-order valence-corrected chi connectivity index (χ2v) is 9.91. The van der Waals surface area contributed by atoms with E-state index in [4.69, 9.17) is 9.84 Å². The number of nitrogens with one attached hydrogen (secondary N) is 2. The Labute approximate surface area is 198 Å². The fourth-order valence-corrected chi connectivity index (χ4v) is 6.07. The van der Waals surface area contributed by atoms with Crippen molar-refractivity contribution in [2.24, 2.45) is 17.8 Å². The summed E-state index contributed by atoms with van der Waals surface area (Å²) in [5, 5.41) is 14.7. The zero-order valence-corrected chi connectivity index (χ0v) is 19.2. The first kappa shape index (κ1) is 22.4. The number of benzene rings is 2. The van der Waals surface area contributed by atoms with Crippen LogP contribution in [-0.2, 0) is 14.3 Å². The molecular weight excluding hydrogens is 432 g/mol. The van der Waals surface area contributed by atoms with Gasteiger partial charge in [-0.05, 0) is 60.3 Å². The topological polar surface area (TPSA) is 105 Å². The Kier molecular flexibility index (Phi) is 6.02. The third-order valence-corrected chi connectivity index (χ3v) is 7.71. The van der Waals surface area contributed by atoms with E-state index in [1.807, 2.05) is 24.3 Å². The molecule has 2 saturated carbocycles. The number of carbonyl (C=O) groups excluding carboxylic acids is 2. The third kappa shape index (κ3) is 4.27. The van der Waals surface area contributed by atoms with Crippen molar-refractivity contribution in [3.63, 3.8) is 0 Å². The number of hydrogen-bond donors (Lipinski definition) is 3. The highest BCUT2D eigenvalue weighted by Gasteiger charge is 2.50. The van der Waals surface area contributed by atoms with E-state index in [-0.39, 0.29) is 42.7 Å². The molecule has 5 rings (SSSR count). The van der Waals surface area contributed by atoms with E-state index in [2.05, 4.69) is 34.9 Å². The van der Waals surface area contributed by atoms with E-state index >= 15 is 0 Å². The molecule has 4 unspecified atom stereocenters. The Hall–Kier alpha value is -3.35. The molecule has 3 aliphatic rings. The van der Waals surface area contributed by atoms with E-state index in [1.54, 1.807) is 6.92 Å². The second kappa shape index (κ2) is 9.12. The molecule has 0 heterocycles. The Morgan fingerprint density at radius 3 is 2.29 bits per heavy atom. The monoisotopic (exact) mass is 462 g/mol. The molecule has 2 fully saturated rings. The molecule has 0 bridgehead atoms. The van der Waals surface area contributed by atoms with Crippen LogP contribution >= 0.6 is 0 Å². The summed E-state index contributed by atoms with van der Waals surface area (Å²) in [6, 6.07) is 16.1. The fraction of sp³-hybridized carbons (Fsp3) is 0.444. The second-order valence-electron chi connectivity index (χ2n) is 9.91. The predicted molar refractivity (Wildman–Crippen MR) is 126 cm³/mol. The van der Waals surface area contributed by atoms with Crippen LogP contribution in [0.15, 0.2) is 48.5 Å². The van der Waals surface area contributed by atoms with E-state index < -0.39 is 18.1 Å². The Morgan fingerprint density at radius 1 is 1.00 bits per heavy atom. The quantitative estimate of drug-likeness (QED) is 0.579. The van der Waals surface area contributed by atoms with Gasteiger partial charge >= 0.3 is 12.1 Å². The van der Waals surface area contributed by atoms with Crippen molar-refractivity contribution in [1.29, 1.82) is 0 Å². The van der Waals surface area contributed by atoms with Gasteiger partial charge in [-0.25, -0.2) is 4.79 Å². The molecule has 0 spiro atoms. The van der Waals surface area contributed by atoms with E-state index in [0.717, 1.165) is 12.8 Å². The summed E-state index contributed by atoms with van der Waals surface area (Å²) < 4.78 is 5.67. The summed E-state index contributed by atoms with van der Waals surface area (Å²) in [5.74, 6) is -0.412. The van der Waals surface area contributed by atoms with Crippen LogP contribution in [0.4, 0.5) is 4.79 Å². The summed E-state index contributed by atoms with van der Waals surface area (Å²) in [6.45, 7) is 1.99. The fourth-order valence-electron chi connectivity index (χ4n) is 6.07. The number of ether oxygens (including phenoxy) is 1. The first-order chi connectivity index (χ1) is 16.4. The number of carboxylic acid groups (broad SMARTS) is 1. The largest absolute Gasteiger partial charge is 0.481 e. The van der Waals surface area contributed by atoms with Gasteiger partial charge in [-0.15, -0.1) is 0 Å². The molecule has 2 amide bonds. The molecule has 7 heteroatoms. The highest BCUT2D eigenvalue weighted by Crippen LogP contribution is 2.50. The van der Waals surface area contributed by atoms with Crippen molar-refractivity contribution in [2.75, 3.05) is 6.61 Å². The van der Waals surface area contributed by atoms with Crippen molar-refractivity contribution in [2.45, 2.75) is 50.6 Å². The van der Waals surface area contributed by atoms with Crippen LogP contribution in [0.3, 0.4) is 0 Å². The van der Waals surface area contributed by atoms with Gasteiger partial charge in [-0.1, -0.05) is 48.5 Å². The number of hydrogen-bond acceptors (Lipinski definition) is 4. The minimum Gasteiger partial charge on any atom is -0.481 e. The highest BCUT2D eigenvalue weighted by atomic mass is 16.5. The molecule has 0 aromatic heterocycles. The number of fused-ring (bicyclic) bond motifs is 4. The van der Waals surface area contributed by atoms with Crippen molar-refractivity contribution in [3.05, 3.63) is 59.7 Å². The maximum atomic E-state index is 12.6. The lowest BCUT2D eigenvalue weighted by Gasteiger charge is -2.40. The van der Waals surface area contributed by atoms with Crippen molar-refractivity contribution < 1.29 is 24.2 Å². The van der Waals surface area contributed by atoms with Gasteiger partial charge in [0.2, 0.25) is 5.91 Å². The van der Waals surface area contributed by atoms with Crippen LogP contribution in [0.25, 0.3) is 11.1 Å². The summed E-state index contributed by atoms with van der Waals surface area (Å²) in [7, 11) is 0. The maximum Gasteiger partial charge on any atom is 0.407 e. The van der Waals surface area contributed by atoms with Gasteiger partial charge in [0, 0.05) is 23.9 Å². The summed E-state index contributed by atoms with van der Waals surface area (Å²) in [6.07, 6.45) is 1.86. The van der Waals surface area contributed by atoms with Crippen molar-refractivity contribution in [3.8, 4) is 11.1 Å². The van der Waals surface area contributed by atoms with Crippen LogP contribution < -0.4 is 10.6 Å². The minimum atomic E-state index is -0.924. The summed E-state index contributed by atoms with van der Waals surface area (Å²) >= 11 is 0. The number of rotatable bonds is 7. The first-order valence-electron chi connectivity index (χ1n) is 12.0. The zero-order valence-electron chi connectivity index (χ0n) is 19.2. The number of aliphatic carboxylic acids is 1. The normalized spacial score (nSPS) is 25.3. The summed E-state index contributed by atoms with van der Waals surface area (Å²) in [4.78, 5) is 36.0. The molecule has 5 atom stereocenters. The average molecular weight is 463 g/mol. The SMILES string of the molecule is C[C@H](CC(=O)O)NC(=O)C1CC2CC(NC(=O)OCC3c4ccccc4-c4ccccc43)C2C1. The van der Waals surface area contributed by atoms with E-state index in [0.29, 0.717) is 12.3 Å². The Bertz CT molecular complexity index is 1070. The van der Waals surface area contributed by atoms with E-state index in [1.165, 1.54) is 22.3 Å². The predicted octanol–water partition coefficient (Wildman–Crippen LogP) is 3.92. The van der Waals surface area contributed by atoms with Gasteiger partial charge in [0.25, 0.3) is 0 Å². The van der Waals surface area contributed by atoms with Crippen molar-refractivity contribution >= 4 is 18.0 Å². The number of carboxylic acids is 1. The van der Waals surface area contributed by atoms with Gasteiger partial charge in [-0.3, -0.25) is 9.59 Å². The van der Waals surface area contributed by atoms with Crippen molar-refractivity contribution in [1.82, 2.24) is 10.6 Å². The standard InChI is InChI=1S/C27H30N2O5/c1-15(10-25(30)31)28-26(32)17-11-16-13-24(22(16)12-17)29-27(33)34-14-23-20-8-4-2-6-18(20)19-7-3-5-9-21(19)23/h2-9,15-17,22-24H,10-14H2,1H3,(H,28,32)(H,29,33)(H,30,31)/t15-,16?,17?,22?,24?/m1/s1. The van der Waals surface area contributed by atoms with Gasteiger partial charge in [0.1, 0.15) is 6.61 Å². The Balaban J connectivity index is 1.13. The van der Waals surface area contributed by atoms with Crippen LogP contribution in [-0.4, -0.2) is 41.8 Å². The Morgan fingerprint density at radius 2 is 1.65 bits per heavy atom. The first-order valence-corrected chi connectivity index (χ1v) is 12.0. The van der Waals surface area contributed by atoms with E-state index in [9.17, 15) is 14.4 Å². The molecule has 0 saturated heterocycles.